The maximum Gasteiger partial charge on any atom is 0.0797 e. The average Bonchev–Trinajstić information content (AvgIpc) is 2.19. The van der Waals surface area contributed by atoms with Gasteiger partial charge in [0.25, 0.3) is 0 Å². The van der Waals surface area contributed by atoms with Crippen molar-refractivity contribution in [1.82, 2.24) is 0 Å². The second-order valence-corrected chi connectivity index (χ2v) is 3.95. The summed E-state index contributed by atoms with van der Waals surface area (Å²) in [7, 11) is 0. The zero-order valence-corrected chi connectivity index (χ0v) is 7.88. The molecule has 0 bridgehead atoms. The molecule has 0 heterocycles. The molecule has 0 radical (unpaired) electrons. The van der Waals surface area contributed by atoms with Crippen LogP contribution in [0.25, 0.3) is 0 Å². The van der Waals surface area contributed by atoms with E-state index >= 15 is 0 Å². The summed E-state index contributed by atoms with van der Waals surface area (Å²) in [5.74, 6) is 0. The van der Waals surface area contributed by atoms with Crippen molar-refractivity contribution in [3.05, 3.63) is 35.4 Å². The molecule has 0 aliphatic heterocycles. The lowest BCUT2D eigenvalue weighted by Gasteiger charge is -2.29. The lowest BCUT2D eigenvalue weighted by molar-refractivity contribution is 0.492. The molecule has 1 atom stereocenters. The SMILES string of the molecule is C[C@@]1(C#N)CCCc2ccccc21. The molecule has 1 nitrogen and oxygen atoms in total. The molecule has 2 rings (SSSR count). The van der Waals surface area contributed by atoms with E-state index in [9.17, 15) is 0 Å². The predicted octanol–water partition coefficient (Wildman–Crippen LogP) is 2.80. The fourth-order valence-corrected chi connectivity index (χ4v) is 2.16. The van der Waals surface area contributed by atoms with Gasteiger partial charge in [0.2, 0.25) is 0 Å². The normalized spacial score (nSPS) is 26.2. The highest BCUT2D eigenvalue weighted by Crippen LogP contribution is 2.36. The molecule has 0 unspecified atom stereocenters. The van der Waals surface area contributed by atoms with Crippen LogP contribution in [-0.2, 0) is 11.8 Å². The van der Waals surface area contributed by atoms with E-state index in [-0.39, 0.29) is 5.41 Å². The number of hydrogen-bond acceptors (Lipinski definition) is 1. The summed E-state index contributed by atoms with van der Waals surface area (Å²) in [5.41, 5.74) is 2.36. The van der Waals surface area contributed by atoms with Gasteiger partial charge in [-0.05, 0) is 37.3 Å². The fraction of sp³-hybridized carbons (Fsp3) is 0.417. The van der Waals surface area contributed by atoms with Gasteiger partial charge in [0.1, 0.15) is 0 Å². The second kappa shape index (κ2) is 2.88. The first-order valence-corrected chi connectivity index (χ1v) is 4.76. The number of aryl methyl sites for hydroxylation is 1. The first-order valence-electron chi connectivity index (χ1n) is 4.76. The molecule has 0 N–H and O–H groups in total. The second-order valence-electron chi connectivity index (χ2n) is 3.95. The Labute approximate surface area is 79.0 Å². The van der Waals surface area contributed by atoms with Crippen molar-refractivity contribution in [2.45, 2.75) is 31.6 Å². The maximum absolute atomic E-state index is 9.15. The van der Waals surface area contributed by atoms with E-state index in [2.05, 4.69) is 24.3 Å². The van der Waals surface area contributed by atoms with E-state index in [1.807, 2.05) is 13.0 Å². The first-order chi connectivity index (χ1) is 6.26. The third-order valence-electron chi connectivity index (χ3n) is 2.98. The summed E-state index contributed by atoms with van der Waals surface area (Å²) in [6, 6.07) is 10.8. The van der Waals surface area contributed by atoms with Crippen LogP contribution < -0.4 is 0 Å². The van der Waals surface area contributed by atoms with Gasteiger partial charge in [-0.2, -0.15) is 5.26 Å². The maximum atomic E-state index is 9.15. The molecule has 1 aliphatic rings. The van der Waals surface area contributed by atoms with Crippen molar-refractivity contribution in [3.63, 3.8) is 0 Å². The summed E-state index contributed by atoms with van der Waals surface area (Å²) in [4.78, 5) is 0. The zero-order chi connectivity index (χ0) is 9.31. The molecular formula is C12H13N. The Kier molecular flexibility index (Phi) is 1.84. The molecule has 0 amide bonds. The lowest BCUT2D eigenvalue weighted by Crippen LogP contribution is -2.25. The van der Waals surface area contributed by atoms with E-state index in [1.54, 1.807) is 0 Å². The van der Waals surface area contributed by atoms with E-state index < -0.39 is 0 Å². The van der Waals surface area contributed by atoms with Crippen LogP contribution in [0.1, 0.15) is 30.9 Å². The number of fused-ring (bicyclic) bond motifs is 1. The summed E-state index contributed by atoms with van der Waals surface area (Å²) >= 11 is 0. The topological polar surface area (TPSA) is 23.8 Å². The lowest BCUT2D eigenvalue weighted by atomic mass is 9.72. The van der Waals surface area contributed by atoms with Crippen molar-refractivity contribution in [2.75, 3.05) is 0 Å². The van der Waals surface area contributed by atoms with Crippen LogP contribution in [0.4, 0.5) is 0 Å². The fourth-order valence-electron chi connectivity index (χ4n) is 2.16. The van der Waals surface area contributed by atoms with Crippen molar-refractivity contribution < 1.29 is 0 Å². The molecule has 0 spiro atoms. The van der Waals surface area contributed by atoms with Gasteiger partial charge in [-0.3, -0.25) is 0 Å². The Balaban J connectivity index is 2.56. The number of hydrogen-bond donors (Lipinski definition) is 0. The number of nitriles is 1. The highest BCUT2D eigenvalue weighted by atomic mass is 14.4. The first kappa shape index (κ1) is 8.31. The van der Waals surface area contributed by atoms with Crippen LogP contribution >= 0.6 is 0 Å². The van der Waals surface area contributed by atoms with Gasteiger partial charge in [-0.15, -0.1) is 0 Å². The van der Waals surface area contributed by atoms with E-state index in [0.717, 1.165) is 19.3 Å². The van der Waals surface area contributed by atoms with Gasteiger partial charge in [0.15, 0.2) is 0 Å². The van der Waals surface area contributed by atoms with Crippen molar-refractivity contribution in [3.8, 4) is 6.07 Å². The highest BCUT2D eigenvalue weighted by molar-refractivity contribution is 5.40. The minimum absolute atomic E-state index is 0.241. The molecule has 1 aliphatic carbocycles. The average molecular weight is 171 g/mol. The standard InChI is InChI=1S/C12H13N/c1-12(9-13)8-4-6-10-5-2-3-7-11(10)12/h2-3,5,7H,4,6,8H2,1H3/t12-/m0/s1. The van der Waals surface area contributed by atoms with E-state index in [4.69, 9.17) is 5.26 Å². The quantitative estimate of drug-likeness (QED) is 0.588. The summed E-state index contributed by atoms with van der Waals surface area (Å²) in [6.45, 7) is 2.05. The van der Waals surface area contributed by atoms with Gasteiger partial charge in [-0.1, -0.05) is 24.3 Å². The smallest absolute Gasteiger partial charge is 0.0797 e. The molecule has 0 saturated heterocycles. The van der Waals surface area contributed by atoms with Gasteiger partial charge < -0.3 is 0 Å². The van der Waals surface area contributed by atoms with Gasteiger partial charge in [-0.25, -0.2) is 0 Å². The molecular weight excluding hydrogens is 158 g/mol. The Morgan fingerprint density at radius 2 is 2.15 bits per heavy atom. The van der Waals surface area contributed by atoms with Crippen molar-refractivity contribution in [2.24, 2.45) is 0 Å². The van der Waals surface area contributed by atoms with Crippen molar-refractivity contribution in [1.29, 1.82) is 5.26 Å². The van der Waals surface area contributed by atoms with E-state index in [0.29, 0.717) is 0 Å². The zero-order valence-electron chi connectivity index (χ0n) is 7.88. The predicted molar refractivity (Wildman–Crippen MR) is 52.3 cm³/mol. The van der Waals surface area contributed by atoms with Crippen LogP contribution in [-0.4, -0.2) is 0 Å². The monoisotopic (exact) mass is 171 g/mol. The van der Waals surface area contributed by atoms with Crippen LogP contribution in [0.2, 0.25) is 0 Å². The van der Waals surface area contributed by atoms with Crippen LogP contribution in [0.15, 0.2) is 24.3 Å². The van der Waals surface area contributed by atoms with Crippen LogP contribution in [0, 0.1) is 11.3 Å². The Hall–Kier alpha value is -1.29. The molecule has 1 aromatic carbocycles. The number of nitrogens with zero attached hydrogens (tertiary/aromatic N) is 1. The third-order valence-corrected chi connectivity index (χ3v) is 2.98. The third kappa shape index (κ3) is 1.23. The Morgan fingerprint density at radius 1 is 1.38 bits per heavy atom. The largest absolute Gasteiger partial charge is 0.197 e. The van der Waals surface area contributed by atoms with Crippen LogP contribution in [0.5, 0.6) is 0 Å². The molecule has 0 aromatic heterocycles. The summed E-state index contributed by atoms with van der Waals surface area (Å²) in [5, 5.41) is 9.15. The molecule has 1 aromatic rings. The molecule has 0 fully saturated rings. The van der Waals surface area contributed by atoms with Crippen LogP contribution in [0.3, 0.4) is 0 Å². The van der Waals surface area contributed by atoms with Gasteiger partial charge in [0.05, 0.1) is 11.5 Å². The molecule has 66 valence electrons. The number of rotatable bonds is 0. The summed E-state index contributed by atoms with van der Waals surface area (Å²) in [6.07, 6.45) is 3.27. The Morgan fingerprint density at radius 3 is 2.92 bits per heavy atom. The minimum Gasteiger partial charge on any atom is -0.197 e. The van der Waals surface area contributed by atoms with Gasteiger partial charge in [0, 0.05) is 0 Å². The number of benzene rings is 1. The molecule has 0 saturated carbocycles. The Bertz CT molecular complexity index is 362. The highest BCUT2D eigenvalue weighted by Gasteiger charge is 2.31. The van der Waals surface area contributed by atoms with Gasteiger partial charge >= 0.3 is 0 Å². The van der Waals surface area contributed by atoms with E-state index in [1.165, 1.54) is 11.1 Å². The minimum atomic E-state index is -0.241. The molecule has 13 heavy (non-hydrogen) atoms. The molecule has 1 heteroatoms. The van der Waals surface area contributed by atoms with Crippen molar-refractivity contribution >= 4 is 0 Å². The summed E-state index contributed by atoms with van der Waals surface area (Å²) < 4.78 is 0.